The number of aliphatic hydroxyl groups excluding tert-OH is 5. The van der Waals surface area contributed by atoms with Crippen LogP contribution in [0.1, 0.15) is 0 Å². The molecule has 0 unspecified atom stereocenters. The van der Waals surface area contributed by atoms with Gasteiger partial charge in [0.05, 0.1) is 19.8 Å². The second-order valence-corrected chi connectivity index (χ2v) is 9.65. The first kappa shape index (κ1) is 28.2. The van der Waals surface area contributed by atoms with Gasteiger partial charge in [0, 0.05) is 23.8 Å². The molecule has 1 aromatic heterocycles. The minimum Gasteiger partial charge on any atom is -0.508 e. The maximum Gasteiger partial charge on any atom is 0.229 e. The lowest BCUT2D eigenvalue weighted by atomic mass is 9.98. The van der Waals surface area contributed by atoms with E-state index in [2.05, 4.69) is 0 Å². The van der Waals surface area contributed by atoms with Crippen LogP contribution in [0.25, 0.3) is 22.3 Å². The van der Waals surface area contributed by atoms with Crippen molar-refractivity contribution >= 4 is 11.0 Å². The van der Waals surface area contributed by atoms with Crippen LogP contribution in [0.4, 0.5) is 0 Å². The topological polar surface area (TPSA) is 229 Å². The van der Waals surface area contributed by atoms with Crippen molar-refractivity contribution < 1.29 is 64.2 Å². The smallest absolute Gasteiger partial charge is 0.229 e. The Morgan fingerprint density at radius 2 is 1.70 bits per heavy atom. The molecule has 8 N–H and O–H groups in total. The van der Waals surface area contributed by atoms with E-state index >= 15 is 0 Å². The number of fused-ring (bicyclic) bond motifs is 1. The lowest BCUT2D eigenvalue weighted by Gasteiger charge is -2.42. The number of phenolic OH excluding ortho intramolecular Hbond substituents is 2. The molecule has 0 bridgehead atoms. The molecular formula is C26H28O14. The summed E-state index contributed by atoms with van der Waals surface area (Å²) in [5.74, 6) is -0.496. The van der Waals surface area contributed by atoms with E-state index in [1.54, 1.807) is 0 Å². The highest BCUT2D eigenvalue weighted by Gasteiger charge is 2.53. The molecule has 2 aliphatic heterocycles. The molecule has 0 spiro atoms. The number of aliphatic hydroxyl groups is 6. The van der Waals surface area contributed by atoms with Crippen molar-refractivity contribution in [2.75, 3.05) is 19.8 Å². The third-order valence-corrected chi connectivity index (χ3v) is 6.88. The summed E-state index contributed by atoms with van der Waals surface area (Å²) >= 11 is 0. The molecule has 0 amide bonds. The highest BCUT2D eigenvalue weighted by atomic mass is 16.8. The van der Waals surface area contributed by atoms with Crippen LogP contribution < -0.4 is 10.2 Å². The fraction of sp³-hybridized carbons (Fsp3) is 0.423. The number of phenols is 2. The molecule has 40 heavy (non-hydrogen) atoms. The minimum absolute atomic E-state index is 0.00882. The maximum absolute atomic E-state index is 12.8. The number of aromatic hydroxyl groups is 2. The van der Waals surface area contributed by atoms with Crippen molar-refractivity contribution in [2.45, 2.75) is 48.7 Å². The molecule has 2 fully saturated rings. The van der Waals surface area contributed by atoms with Crippen LogP contribution in [0.2, 0.25) is 0 Å². The van der Waals surface area contributed by atoms with Gasteiger partial charge in [-0.2, -0.15) is 0 Å². The Morgan fingerprint density at radius 1 is 0.975 bits per heavy atom. The minimum atomic E-state index is -2.04. The fourth-order valence-corrected chi connectivity index (χ4v) is 4.57. The van der Waals surface area contributed by atoms with Crippen molar-refractivity contribution in [2.24, 2.45) is 0 Å². The monoisotopic (exact) mass is 564 g/mol. The Kier molecular flexibility index (Phi) is 7.71. The fourth-order valence-electron chi connectivity index (χ4n) is 4.57. The van der Waals surface area contributed by atoms with Gasteiger partial charge in [-0.3, -0.25) is 4.79 Å². The SMILES string of the molecule is O=c1cc(-c2ccc(O)cc2)oc2cc(O[C@H]3O[C@@H](CO)[C@H](O)[C@@H](O)[C@@H]3O[C@@H]3OC[C@](O)(CO)[C@@H]3O)cc(O)c12. The lowest BCUT2D eigenvalue weighted by molar-refractivity contribution is -0.318. The molecule has 3 aromatic rings. The van der Waals surface area contributed by atoms with E-state index in [0.717, 1.165) is 6.07 Å². The average Bonchev–Trinajstić information content (AvgIpc) is 3.21. The maximum atomic E-state index is 12.8. The zero-order valence-electron chi connectivity index (χ0n) is 20.7. The quantitative estimate of drug-likeness (QED) is 0.164. The molecule has 0 radical (unpaired) electrons. The van der Waals surface area contributed by atoms with Gasteiger partial charge in [0.15, 0.2) is 17.8 Å². The summed E-state index contributed by atoms with van der Waals surface area (Å²) in [7, 11) is 0. The third kappa shape index (κ3) is 5.12. The van der Waals surface area contributed by atoms with E-state index in [1.807, 2.05) is 0 Å². The lowest BCUT2D eigenvalue weighted by Crippen LogP contribution is -2.62. The van der Waals surface area contributed by atoms with E-state index in [-0.39, 0.29) is 28.2 Å². The van der Waals surface area contributed by atoms with Gasteiger partial charge in [0.1, 0.15) is 64.0 Å². The molecule has 3 heterocycles. The molecule has 2 aliphatic rings. The zero-order valence-corrected chi connectivity index (χ0v) is 20.7. The van der Waals surface area contributed by atoms with Gasteiger partial charge in [0.25, 0.3) is 0 Å². The molecular weight excluding hydrogens is 536 g/mol. The van der Waals surface area contributed by atoms with Crippen LogP contribution in [-0.2, 0) is 14.2 Å². The summed E-state index contributed by atoms with van der Waals surface area (Å²) in [6.07, 6.45) is -11.2. The Hall–Kier alpha value is -3.31. The first-order chi connectivity index (χ1) is 19.0. The Labute approximate surface area is 225 Å². The Bertz CT molecular complexity index is 1410. The molecule has 0 aliphatic carbocycles. The predicted octanol–water partition coefficient (Wildman–Crippen LogP) is -1.49. The number of ether oxygens (including phenoxy) is 4. The second-order valence-electron chi connectivity index (χ2n) is 9.65. The number of benzene rings is 2. The number of rotatable bonds is 7. The Morgan fingerprint density at radius 3 is 2.35 bits per heavy atom. The van der Waals surface area contributed by atoms with Gasteiger partial charge in [-0.15, -0.1) is 0 Å². The van der Waals surface area contributed by atoms with Gasteiger partial charge in [-0.1, -0.05) is 0 Å². The molecule has 14 nitrogen and oxygen atoms in total. The number of hydrogen-bond donors (Lipinski definition) is 8. The van der Waals surface area contributed by atoms with Gasteiger partial charge in [0.2, 0.25) is 6.29 Å². The largest absolute Gasteiger partial charge is 0.508 e. The number of hydrogen-bond acceptors (Lipinski definition) is 14. The van der Waals surface area contributed by atoms with Gasteiger partial charge < -0.3 is 64.2 Å². The van der Waals surface area contributed by atoms with Crippen LogP contribution in [-0.4, -0.2) is 109 Å². The van der Waals surface area contributed by atoms with Crippen molar-refractivity contribution in [3.05, 3.63) is 52.7 Å². The van der Waals surface area contributed by atoms with Crippen molar-refractivity contribution in [3.63, 3.8) is 0 Å². The third-order valence-electron chi connectivity index (χ3n) is 6.88. The van der Waals surface area contributed by atoms with E-state index in [4.69, 9.17) is 23.4 Å². The molecule has 2 saturated heterocycles. The van der Waals surface area contributed by atoms with Crippen LogP contribution in [0.15, 0.2) is 51.7 Å². The summed E-state index contributed by atoms with van der Waals surface area (Å²) in [4.78, 5) is 12.8. The second kappa shape index (κ2) is 10.9. The van der Waals surface area contributed by atoms with Crippen molar-refractivity contribution in [1.82, 2.24) is 0 Å². The highest BCUT2D eigenvalue weighted by molar-refractivity contribution is 5.86. The van der Waals surface area contributed by atoms with E-state index in [0.29, 0.717) is 5.56 Å². The van der Waals surface area contributed by atoms with Gasteiger partial charge in [-0.25, -0.2) is 0 Å². The molecule has 2 aromatic carbocycles. The molecule has 8 atom stereocenters. The summed E-state index contributed by atoms with van der Waals surface area (Å²) in [5, 5.41) is 80.7. The van der Waals surface area contributed by atoms with Crippen LogP contribution in [0, 0.1) is 0 Å². The summed E-state index contributed by atoms with van der Waals surface area (Å²) in [6, 6.07) is 9.37. The standard InChI is InChI=1S/C26H28O14/c27-8-18-20(32)21(33)22(40-25-23(34)26(35,9-28)10-36-25)24(39-18)37-13-5-14(30)19-15(31)7-16(38-17(19)6-13)11-1-3-12(29)4-2-11/h1-7,18,20-25,27-30,32-35H,8-10H2/t18-,20-,21+,22-,23+,24-,25-,26+/m0/s1. The summed E-state index contributed by atoms with van der Waals surface area (Å²) in [6.45, 7) is -2.06. The average molecular weight is 564 g/mol. The molecule has 5 rings (SSSR count). The summed E-state index contributed by atoms with van der Waals surface area (Å²) < 4.78 is 28.0. The van der Waals surface area contributed by atoms with Crippen LogP contribution in [0.3, 0.4) is 0 Å². The normalized spacial score (nSPS) is 32.4. The predicted molar refractivity (Wildman–Crippen MR) is 132 cm³/mol. The van der Waals surface area contributed by atoms with Gasteiger partial charge >= 0.3 is 0 Å². The Balaban J connectivity index is 1.47. The van der Waals surface area contributed by atoms with Crippen LogP contribution >= 0.6 is 0 Å². The van der Waals surface area contributed by atoms with Crippen LogP contribution in [0.5, 0.6) is 17.2 Å². The van der Waals surface area contributed by atoms with Crippen molar-refractivity contribution in [1.29, 1.82) is 0 Å². The first-order valence-corrected chi connectivity index (χ1v) is 12.2. The van der Waals surface area contributed by atoms with Crippen molar-refractivity contribution in [3.8, 4) is 28.6 Å². The zero-order chi connectivity index (χ0) is 28.8. The first-order valence-electron chi connectivity index (χ1n) is 12.2. The van der Waals surface area contributed by atoms with E-state index < -0.39 is 79.7 Å². The summed E-state index contributed by atoms with van der Waals surface area (Å²) in [5.41, 5.74) is -2.22. The van der Waals surface area contributed by atoms with Gasteiger partial charge in [-0.05, 0) is 24.3 Å². The highest BCUT2D eigenvalue weighted by Crippen LogP contribution is 2.35. The van der Waals surface area contributed by atoms with E-state index in [1.165, 1.54) is 36.4 Å². The van der Waals surface area contributed by atoms with E-state index in [9.17, 15) is 45.6 Å². The molecule has 14 heteroatoms. The molecule has 216 valence electrons. The molecule has 0 saturated carbocycles.